The van der Waals surface area contributed by atoms with Crippen molar-refractivity contribution in [1.82, 2.24) is 0 Å². The number of hydrogen-bond acceptors (Lipinski definition) is 4. The number of aliphatic hydroxyl groups is 1. The van der Waals surface area contributed by atoms with Gasteiger partial charge in [0.1, 0.15) is 0 Å². The lowest BCUT2D eigenvalue weighted by atomic mass is 9.72. The van der Waals surface area contributed by atoms with Crippen molar-refractivity contribution >= 4 is 8.60 Å². The summed E-state index contributed by atoms with van der Waals surface area (Å²) < 4.78 is 5.04. The summed E-state index contributed by atoms with van der Waals surface area (Å²) in [6.45, 7) is 15.9. The molecule has 0 aromatic heterocycles. The van der Waals surface area contributed by atoms with E-state index >= 15 is 0 Å². The number of benzene rings is 1. The van der Waals surface area contributed by atoms with E-state index in [4.69, 9.17) is 14.3 Å². The molecule has 0 aliphatic carbocycles. The molecular weight excluding hydrogens is 371 g/mol. The van der Waals surface area contributed by atoms with Gasteiger partial charge in [-0.2, -0.15) is 0 Å². The average molecular weight is 413 g/mol. The molecule has 4 nitrogen and oxygen atoms in total. The van der Waals surface area contributed by atoms with Crippen molar-refractivity contribution in [2.45, 2.75) is 91.4 Å². The first-order valence-electron chi connectivity index (χ1n) is 10.4. The third-order valence-electron chi connectivity index (χ3n) is 5.68. The molecule has 0 spiro atoms. The molecule has 0 radical (unpaired) electrons. The summed E-state index contributed by atoms with van der Waals surface area (Å²) in [5.74, 6) is 0. The summed E-state index contributed by atoms with van der Waals surface area (Å²) in [5, 5.41) is 9.85. The van der Waals surface area contributed by atoms with Gasteiger partial charge in [0.2, 0.25) is 0 Å². The van der Waals surface area contributed by atoms with E-state index in [2.05, 4.69) is 59.7 Å². The predicted octanol–water partition coefficient (Wildman–Crippen LogP) is 5.61. The zero-order valence-electron chi connectivity index (χ0n) is 18.9. The van der Waals surface area contributed by atoms with Gasteiger partial charge < -0.3 is 19.4 Å². The fourth-order valence-corrected chi connectivity index (χ4v) is 4.31. The van der Waals surface area contributed by atoms with Gasteiger partial charge in [-0.05, 0) is 53.2 Å². The van der Waals surface area contributed by atoms with Gasteiger partial charge in [0.15, 0.2) is 0 Å². The first kappa shape index (κ1) is 25.5. The van der Waals surface area contributed by atoms with Gasteiger partial charge in [0.05, 0.1) is 13.2 Å². The molecule has 0 amide bonds. The van der Waals surface area contributed by atoms with Gasteiger partial charge in [-0.1, -0.05) is 73.1 Å². The van der Waals surface area contributed by atoms with Crippen LogP contribution >= 0.6 is 8.60 Å². The zero-order valence-corrected chi connectivity index (χ0v) is 19.8. The van der Waals surface area contributed by atoms with E-state index in [9.17, 15) is 5.11 Å². The molecule has 1 unspecified atom stereocenters. The third kappa shape index (κ3) is 7.39. The number of unbranched alkanes of at least 4 members (excludes halogenated alkanes) is 1. The van der Waals surface area contributed by atoms with E-state index < -0.39 is 14.0 Å². The molecular formula is C23H41O4P. The van der Waals surface area contributed by atoms with Crippen LogP contribution in [0.3, 0.4) is 0 Å². The second-order valence-corrected chi connectivity index (χ2v) is 10.8. The van der Waals surface area contributed by atoms with Gasteiger partial charge in [-0.3, -0.25) is 0 Å². The van der Waals surface area contributed by atoms with E-state index in [0.717, 1.165) is 32.1 Å². The second kappa shape index (κ2) is 10.5. The molecule has 1 rings (SSSR count). The third-order valence-corrected chi connectivity index (χ3v) is 6.04. The Kier molecular flexibility index (Phi) is 9.57. The molecule has 0 bridgehead atoms. The Hall–Kier alpha value is -0.510. The molecule has 28 heavy (non-hydrogen) atoms. The molecule has 0 fully saturated rings. The van der Waals surface area contributed by atoms with Crippen LogP contribution in [0.4, 0.5) is 0 Å². The summed E-state index contributed by atoms with van der Waals surface area (Å²) >= 11 is 0. The van der Waals surface area contributed by atoms with Gasteiger partial charge in [-0.15, -0.1) is 0 Å². The average Bonchev–Trinajstić information content (AvgIpc) is 2.59. The quantitative estimate of drug-likeness (QED) is 0.345. The zero-order chi connectivity index (χ0) is 21.6. The van der Waals surface area contributed by atoms with Crippen LogP contribution in [0.15, 0.2) is 18.2 Å². The lowest BCUT2D eigenvalue weighted by Crippen LogP contribution is -2.30. The molecule has 0 aliphatic rings. The Morgan fingerprint density at radius 1 is 0.964 bits per heavy atom. The van der Waals surface area contributed by atoms with Crippen molar-refractivity contribution in [2.75, 3.05) is 13.2 Å². The summed E-state index contributed by atoms with van der Waals surface area (Å²) in [4.78, 5) is 18.1. The smallest absolute Gasteiger partial charge is 0.327 e. The van der Waals surface area contributed by atoms with Crippen LogP contribution in [-0.4, -0.2) is 28.1 Å². The van der Waals surface area contributed by atoms with Crippen LogP contribution in [0.2, 0.25) is 0 Å². The van der Waals surface area contributed by atoms with Crippen molar-refractivity contribution in [3.63, 3.8) is 0 Å². The molecule has 162 valence electrons. The predicted molar refractivity (Wildman–Crippen MR) is 119 cm³/mol. The fraction of sp³-hybridized carbons (Fsp3) is 0.739. The summed E-state index contributed by atoms with van der Waals surface area (Å²) in [6, 6.07) is 6.69. The normalized spacial score (nSPS) is 15.1. The van der Waals surface area contributed by atoms with E-state index in [1.165, 1.54) is 16.7 Å². The van der Waals surface area contributed by atoms with Gasteiger partial charge in [0, 0.05) is 5.41 Å². The molecule has 0 aliphatic heterocycles. The lowest BCUT2D eigenvalue weighted by Gasteiger charge is -2.33. The maximum atomic E-state index is 9.85. The first-order valence-corrected chi connectivity index (χ1v) is 11.6. The minimum Gasteiger partial charge on any atom is -0.396 e. The topological polar surface area (TPSA) is 69.9 Å². The molecule has 1 atom stereocenters. The molecule has 1 aromatic carbocycles. The summed E-state index contributed by atoms with van der Waals surface area (Å²) in [5.41, 5.74) is 4.09. The van der Waals surface area contributed by atoms with Crippen molar-refractivity contribution in [1.29, 1.82) is 0 Å². The van der Waals surface area contributed by atoms with Crippen molar-refractivity contribution in [3.05, 3.63) is 34.9 Å². The Bertz CT molecular complexity index is 596. The fourth-order valence-electron chi connectivity index (χ4n) is 3.92. The maximum absolute atomic E-state index is 9.85. The monoisotopic (exact) mass is 412 g/mol. The highest BCUT2D eigenvalue weighted by atomic mass is 31.2. The van der Waals surface area contributed by atoms with E-state index in [1.807, 2.05) is 6.92 Å². The Morgan fingerprint density at radius 2 is 1.61 bits per heavy atom. The van der Waals surface area contributed by atoms with Gasteiger partial charge in [-0.25, -0.2) is 0 Å². The number of hydrogen-bond donors (Lipinski definition) is 3. The minimum absolute atomic E-state index is 0.000572. The van der Waals surface area contributed by atoms with Crippen LogP contribution in [-0.2, 0) is 21.8 Å². The highest BCUT2D eigenvalue weighted by Gasteiger charge is 2.29. The van der Waals surface area contributed by atoms with Gasteiger partial charge in [0.25, 0.3) is 0 Å². The standard InChI is InChI=1S/C23H41O4P/c1-8-23(16-24,17-27-28(25)26)15-10-9-12-18-13-11-14-19(21(2,3)4)20(18)22(5,6)7/h11,13-14,24-26H,8-10,12,15-17H2,1-7H3. The Morgan fingerprint density at radius 3 is 2.07 bits per heavy atom. The largest absolute Gasteiger partial charge is 0.396 e. The van der Waals surface area contributed by atoms with Crippen LogP contribution < -0.4 is 0 Å². The van der Waals surface area contributed by atoms with Gasteiger partial charge >= 0.3 is 8.60 Å². The molecule has 3 N–H and O–H groups in total. The molecule has 1 aromatic rings. The van der Waals surface area contributed by atoms with Crippen LogP contribution in [0, 0.1) is 5.41 Å². The first-order chi connectivity index (χ1) is 12.9. The summed E-state index contributed by atoms with van der Waals surface area (Å²) in [7, 11) is -2.37. The molecule has 0 saturated heterocycles. The van der Waals surface area contributed by atoms with Crippen LogP contribution in [0.5, 0.6) is 0 Å². The van der Waals surface area contributed by atoms with Crippen LogP contribution in [0.1, 0.15) is 90.8 Å². The summed E-state index contributed by atoms with van der Waals surface area (Å²) in [6.07, 6.45) is 4.57. The van der Waals surface area contributed by atoms with Crippen molar-refractivity contribution in [3.8, 4) is 0 Å². The highest BCUT2D eigenvalue weighted by Crippen LogP contribution is 2.38. The molecule has 5 heteroatoms. The molecule has 0 saturated carbocycles. The van der Waals surface area contributed by atoms with E-state index in [0.29, 0.717) is 0 Å². The second-order valence-electron chi connectivity index (χ2n) is 10.1. The maximum Gasteiger partial charge on any atom is 0.327 e. The van der Waals surface area contributed by atoms with Crippen LogP contribution in [0.25, 0.3) is 0 Å². The lowest BCUT2D eigenvalue weighted by molar-refractivity contribution is 0.0472. The Balaban J connectivity index is 2.88. The van der Waals surface area contributed by atoms with Crippen molar-refractivity contribution in [2.24, 2.45) is 5.41 Å². The molecule has 0 heterocycles. The Labute approximate surface area is 173 Å². The number of aryl methyl sites for hydroxylation is 1. The minimum atomic E-state index is -2.37. The highest BCUT2D eigenvalue weighted by molar-refractivity contribution is 7.39. The number of aliphatic hydroxyl groups excluding tert-OH is 1. The van der Waals surface area contributed by atoms with E-state index in [-0.39, 0.29) is 24.0 Å². The van der Waals surface area contributed by atoms with E-state index in [1.54, 1.807) is 0 Å². The SMILES string of the molecule is CCC(CO)(CCCCc1cccc(C(C)(C)C)c1C(C)(C)C)COP(O)O. The number of rotatable bonds is 10. The van der Waals surface area contributed by atoms with Crippen molar-refractivity contribution < 1.29 is 19.4 Å².